The molecule has 0 unspecified atom stereocenters. The zero-order valence-electron chi connectivity index (χ0n) is 21.4. The molecule has 0 fully saturated rings. The van der Waals surface area contributed by atoms with Crippen LogP contribution < -0.4 is 0 Å². The Morgan fingerprint density at radius 3 is 2.51 bits per heavy atom. The Morgan fingerprint density at radius 2 is 1.68 bits per heavy atom. The molecule has 5 aromatic rings. The normalized spacial score (nSPS) is 14.1. The summed E-state index contributed by atoms with van der Waals surface area (Å²) in [5.74, 6) is 2.79. The summed E-state index contributed by atoms with van der Waals surface area (Å²) < 4.78 is 7.38. The molecule has 1 aliphatic rings. The van der Waals surface area contributed by atoms with Crippen molar-refractivity contribution >= 4 is 22.5 Å². The molecule has 0 saturated carbocycles. The van der Waals surface area contributed by atoms with Gasteiger partial charge in [-0.2, -0.15) is 0 Å². The van der Waals surface area contributed by atoms with Crippen molar-refractivity contribution < 1.29 is 4.52 Å². The summed E-state index contributed by atoms with van der Waals surface area (Å²) in [4.78, 5) is 2.59. The summed E-state index contributed by atoms with van der Waals surface area (Å²) in [6.07, 6.45) is 3.30. The predicted molar refractivity (Wildman–Crippen MR) is 150 cm³/mol. The Bertz CT molecular complexity index is 1540. The lowest BCUT2D eigenvalue weighted by atomic mass is 9.99. The van der Waals surface area contributed by atoms with Gasteiger partial charge in [-0.15, -0.1) is 10.2 Å². The lowest BCUT2D eigenvalue weighted by molar-refractivity contribution is 0.289. The molecule has 7 heteroatoms. The van der Waals surface area contributed by atoms with Crippen LogP contribution in [0.3, 0.4) is 0 Å². The molecule has 0 atom stereocenters. The second-order valence-corrected chi connectivity index (χ2v) is 10.8. The number of hydrogen-bond acceptors (Lipinski definition) is 6. The maximum absolute atomic E-state index is 5.27. The van der Waals surface area contributed by atoms with E-state index >= 15 is 0 Å². The van der Waals surface area contributed by atoms with Crippen LogP contribution in [0.4, 0.5) is 0 Å². The highest BCUT2D eigenvalue weighted by Gasteiger charge is 2.16. The van der Waals surface area contributed by atoms with Crippen LogP contribution in [0, 0.1) is 6.92 Å². The van der Waals surface area contributed by atoms with E-state index in [9.17, 15) is 0 Å². The first-order chi connectivity index (χ1) is 18.1. The topological polar surface area (TPSA) is 60.0 Å². The lowest BCUT2D eigenvalue weighted by Gasteiger charge is -2.19. The number of hydrogen-bond donors (Lipinski definition) is 0. The molecule has 37 heavy (non-hydrogen) atoms. The summed E-state index contributed by atoms with van der Waals surface area (Å²) in [6, 6.07) is 23.7. The van der Waals surface area contributed by atoms with E-state index in [1.165, 1.54) is 21.9 Å². The maximum atomic E-state index is 5.27. The second kappa shape index (κ2) is 10.5. The summed E-state index contributed by atoms with van der Waals surface area (Å²) in [6.45, 7) is 5.24. The maximum Gasteiger partial charge on any atom is 0.191 e. The average Bonchev–Trinajstić information content (AvgIpc) is 3.46. The molecule has 3 heterocycles. The largest absolute Gasteiger partial charge is 0.361 e. The quantitative estimate of drug-likeness (QED) is 0.193. The zero-order chi connectivity index (χ0) is 25.2. The summed E-state index contributed by atoms with van der Waals surface area (Å²) >= 11 is 1.80. The fraction of sp³-hybridized carbons (Fsp3) is 0.300. The third-order valence-corrected chi connectivity index (χ3v) is 8.32. The third-order valence-electron chi connectivity index (χ3n) is 7.22. The van der Waals surface area contributed by atoms with Gasteiger partial charge in [-0.3, -0.25) is 0 Å². The van der Waals surface area contributed by atoms with Gasteiger partial charge in [0, 0.05) is 43.1 Å². The standard InChI is InChI=1S/C30H31N5OS/c1-21-18-28(33-36-21)26-10-8-23-12-15-35(16-13-25(23)19-26)14-5-17-37-30-32-31-29(34(30)2)27-11-9-22-6-3-4-7-24(22)20-27/h3-4,6-11,18-20H,5,12-17H2,1-2H3. The summed E-state index contributed by atoms with van der Waals surface area (Å²) in [5.41, 5.74) is 6.07. The van der Waals surface area contributed by atoms with Gasteiger partial charge in [0.2, 0.25) is 0 Å². The highest BCUT2D eigenvalue weighted by Crippen LogP contribution is 2.27. The van der Waals surface area contributed by atoms with Gasteiger partial charge in [0.15, 0.2) is 11.0 Å². The number of benzene rings is 3. The van der Waals surface area contributed by atoms with E-state index in [2.05, 4.69) is 92.5 Å². The smallest absolute Gasteiger partial charge is 0.191 e. The van der Waals surface area contributed by atoms with Crippen molar-refractivity contribution in [3.63, 3.8) is 0 Å². The molecule has 0 aliphatic carbocycles. The Labute approximate surface area is 221 Å². The van der Waals surface area contributed by atoms with Gasteiger partial charge in [0.1, 0.15) is 11.5 Å². The van der Waals surface area contributed by atoms with E-state index in [0.717, 1.165) is 78.2 Å². The molecule has 0 amide bonds. The molecule has 0 radical (unpaired) electrons. The minimum atomic E-state index is 0.847. The van der Waals surface area contributed by atoms with Crippen LogP contribution in [-0.2, 0) is 19.9 Å². The molecule has 1 aliphatic heterocycles. The van der Waals surface area contributed by atoms with E-state index in [4.69, 9.17) is 4.52 Å². The van der Waals surface area contributed by atoms with Crippen molar-refractivity contribution in [1.82, 2.24) is 24.8 Å². The molecule has 0 spiro atoms. The molecule has 6 nitrogen and oxygen atoms in total. The Morgan fingerprint density at radius 1 is 0.865 bits per heavy atom. The Hall–Kier alpha value is -3.42. The predicted octanol–water partition coefficient (Wildman–Crippen LogP) is 6.18. The minimum Gasteiger partial charge on any atom is -0.361 e. The SMILES string of the molecule is Cc1cc(-c2ccc3c(c2)CCN(CCCSc2nnc(-c4ccc5ccccc5c4)n2C)CC3)no1. The van der Waals surface area contributed by atoms with Crippen molar-refractivity contribution in [1.29, 1.82) is 0 Å². The van der Waals surface area contributed by atoms with Gasteiger partial charge in [0.05, 0.1) is 0 Å². The summed E-state index contributed by atoms with van der Waals surface area (Å²) in [5, 5.41) is 16.6. The van der Waals surface area contributed by atoms with Crippen LogP contribution in [0.5, 0.6) is 0 Å². The highest BCUT2D eigenvalue weighted by molar-refractivity contribution is 7.99. The van der Waals surface area contributed by atoms with Crippen molar-refractivity contribution in [2.75, 3.05) is 25.4 Å². The first-order valence-electron chi connectivity index (χ1n) is 12.9. The zero-order valence-corrected chi connectivity index (χ0v) is 22.2. The fourth-order valence-corrected chi connectivity index (χ4v) is 5.96. The number of thioether (sulfide) groups is 1. The number of fused-ring (bicyclic) bond motifs is 2. The fourth-order valence-electron chi connectivity index (χ4n) is 5.13. The monoisotopic (exact) mass is 509 g/mol. The second-order valence-electron chi connectivity index (χ2n) is 9.78. The number of aryl methyl sites for hydroxylation is 1. The third kappa shape index (κ3) is 5.20. The molecule has 188 valence electrons. The van der Waals surface area contributed by atoms with Gasteiger partial charge >= 0.3 is 0 Å². The number of nitrogens with zero attached hydrogens (tertiary/aromatic N) is 5. The van der Waals surface area contributed by atoms with E-state index in [-0.39, 0.29) is 0 Å². The van der Waals surface area contributed by atoms with Crippen molar-refractivity contribution in [2.45, 2.75) is 31.3 Å². The first kappa shape index (κ1) is 23.9. The first-order valence-corrected chi connectivity index (χ1v) is 13.9. The van der Waals surface area contributed by atoms with Crippen LogP contribution in [0.15, 0.2) is 76.4 Å². The van der Waals surface area contributed by atoms with Gasteiger partial charge in [-0.1, -0.05) is 65.4 Å². The number of aromatic nitrogens is 4. The van der Waals surface area contributed by atoms with Crippen LogP contribution >= 0.6 is 11.8 Å². The Balaban J connectivity index is 1.02. The molecule has 0 saturated heterocycles. The molecule has 0 N–H and O–H groups in total. The van der Waals surface area contributed by atoms with Gasteiger partial charge < -0.3 is 14.0 Å². The van der Waals surface area contributed by atoms with E-state index < -0.39 is 0 Å². The molecule has 3 aromatic carbocycles. The van der Waals surface area contributed by atoms with Crippen LogP contribution in [0.2, 0.25) is 0 Å². The molecular weight excluding hydrogens is 478 g/mol. The average molecular weight is 510 g/mol. The van der Waals surface area contributed by atoms with Crippen LogP contribution in [-0.4, -0.2) is 50.2 Å². The van der Waals surface area contributed by atoms with Gasteiger partial charge in [-0.25, -0.2) is 0 Å². The van der Waals surface area contributed by atoms with Crippen molar-refractivity contribution in [2.24, 2.45) is 7.05 Å². The van der Waals surface area contributed by atoms with E-state index in [1.807, 2.05) is 13.0 Å². The van der Waals surface area contributed by atoms with Gasteiger partial charge in [0.25, 0.3) is 0 Å². The number of rotatable bonds is 7. The Kier molecular flexibility index (Phi) is 6.81. The molecular formula is C30H31N5OS. The molecule has 2 aromatic heterocycles. The van der Waals surface area contributed by atoms with Crippen molar-refractivity contribution in [3.05, 3.63) is 83.6 Å². The molecule has 6 rings (SSSR count). The van der Waals surface area contributed by atoms with Gasteiger partial charge in [-0.05, 0) is 66.8 Å². The van der Waals surface area contributed by atoms with Crippen LogP contribution in [0.1, 0.15) is 23.3 Å². The molecule has 0 bridgehead atoms. The van der Waals surface area contributed by atoms with Crippen molar-refractivity contribution in [3.8, 4) is 22.6 Å². The minimum absolute atomic E-state index is 0.847. The lowest BCUT2D eigenvalue weighted by Crippen LogP contribution is -2.27. The highest BCUT2D eigenvalue weighted by atomic mass is 32.2. The van der Waals surface area contributed by atoms with Crippen LogP contribution in [0.25, 0.3) is 33.4 Å². The van der Waals surface area contributed by atoms with E-state index in [1.54, 1.807) is 11.8 Å². The summed E-state index contributed by atoms with van der Waals surface area (Å²) in [7, 11) is 2.06. The van der Waals surface area contributed by atoms with E-state index in [0.29, 0.717) is 0 Å².